The molecule has 3 aromatic rings. The molecule has 0 aliphatic carbocycles. The Balaban J connectivity index is 1.37. The van der Waals surface area contributed by atoms with Gasteiger partial charge in [0.1, 0.15) is 0 Å². The summed E-state index contributed by atoms with van der Waals surface area (Å²) in [5.74, 6) is 0.730. The summed E-state index contributed by atoms with van der Waals surface area (Å²) in [4.78, 5) is 24.5. The molecule has 7 nitrogen and oxygen atoms in total. The lowest BCUT2D eigenvalue weighted by atomic mass is 10.1. The number of halogens is 1. The third-order valence-corrected chi connectivity index (χ3v) is 4.75. The first-order chi connectivity index (χ1) is 14.6. The largest absolute Gasteiger partial charge is 0.489 e. The van der Waals surface area contributed by atoms with Gasteiger partial charge in [-0.1, -0.05) is 11.6 Å². The predicted molar refractivity (Wildman–Crippen MR) is 111 cm³/mol. The van der Waals surface area contributed by atoms with E-state index in [1.165, 1.54) is 6.26 Å². The molecule has 1 aliphatic heterocycles. The maximum atomic E-state index is 12.5. The second kappa shape index (κ2) is 8.92. The zero-order valence-electron chi connectivity index (χ0n) is 15.9. The third kappa shape index (κ3) is 4.58. The zero-order chi connectivity index (χ0) is 20.9. The number of furan rings is 1. The summed E-state index contributed by atoms with van der Waals surface area (Å²) in [7, 11) is 0. The van der Waals surface area contributed by atoms with Gasteiger partial charge in [-0.3, -0.25) is 9.59 Å². The molecule has 0 atom stereocenters. The van der Waals surface area contributed by atoms with Crippen molar-refractivity contribution in [2.24, 2.45) is 0 Å². The number of anilines is 1. The highest BCUT2D eigenvalue weighted by Gasteiger charge is 2.16. The molecule has 4 rings (SSSR count). The van der Waals surface area contributed by atoms with Gasteiger partial charge in [-0.05, 0) is 54.1 Å². The summed E-state index contributed by atoms with van der Waals surface area (Å²) in [6, 6.07) is 13.4. The number of nitrogens with one attached hydrogen (secondary N) is 2. The molecule has 0 saturated heterocycles. The molecule has 0 unspecified atom stereocenters. The van der Waals surface area contributed by atoms with Crippen LogP contribution >= 0.6 is 11.6 Å². The Morgan fingerprint density at radius 2 is 1.80 bits per heavy atom. The van der Waals surface area contributed by atoms with Gasteiger partial charge in [-0.2, -0.15) is 0 Å². The van der Waals surface area contributed by atoms with E-state index in [2.05, 4.69) is 10.6 Å². The normalized spacial score (nSPS) is 12.7. The highest BCUT2D eigenvalue weighted by molar-refractivity contribution is 6.32. The number of rotatable bonds is 5. The lowest BCUT2D eigenvalue weighted by Crippen LogP contribution is -2.22. The first-order valence-corrected chi connectivity index (χ1v) is 9.79. The smallest absolute Gasteiger partial charge is 0.291 e. The number of benzene rings is 2. The first kappa shape index (κ1) is 19.8. The minimum absolute atomic E-state index is 0.214. The number of hydrogen-bond acceptors (Lipinski definition) is 5. The summed E-state index contributed by atoms with van der Waals surface area (Å²) in [6.07, 6.45) is 2.22. The Kier molecular flexibility index (Phi) is 5.90. The molecule has 1 aromatic heterocycles. The van der Waals surface area contributed by atoms with Gasteiger partial charge < -0.3 is 24.5 Å². The molecule has 0 radical (unpaired) electrons. The van der Waals surface area contributed by atoms with E-state index in [0.29, 0.717) is 41.0 Å². The fourth-order valence-corrected chi connectivity index (χ4v) is 3.26. The van der Waals surface area contributed by atoms with Gasteiger partial charge in [-0.25, -0.2) is 0 Å². The molecule has 0 saturated carbocycles. The molecule has 1 aliphatic rings. The fraction of sp³-hybridized carbons (Fsp3) is 0.182. The Labute approximate surface area is 177 Å². The highest BCUT2D eigenvalue weighted by atomic mass is 35.5. The van der Waals surface area contributed by atoms with Crippen LogP contribution in [0.3, 0.4) is 0 Å². The number of carbonyl (C=O) groups excluding carboxylic acids is 2. The number of amides is 2. The highest BCUT2D eigenvalue weighted by Crippen LogP contribution is 2.37. The molecule has 0 spiro atoms. The molecular weight excluding hydrogens is 408 g/mol. The predicted octanol–water partition coefficient (Wildman–Crippen LogP) is 4.28. The molecular formula is C22H19ClN2O5. The van der Waals surface area contributed by atoms with Gasteiger partial charge in [0.25, 0.3) is 11.8 Å². The summed E-state index contributed by atoms with van der Waals surface area (Å²) in [5, 5.41) is 6.01. The average Bonchev–Trinajstić information content (AvgIpc) is 3.18. The van der Waals surface area contributed by atoms with Crippen molar-refractivity contribution >= 4 is 29.1 Å². The van der Waals surface area contributed by atoms with Crippen LogP contribution in [0.4, 0.5) is 5.69 Å². The van der Waals surface area contributed by atoms with Crippen LogP contribution in [0.15, 0.2) is 59.2 Å². The van der Waals surface area contributed by atoms with Crippen molar-refractivity contribution in [1.82, 2.24) is 5.32 Å². The van der Waals surface area contributed by atoms with Gasteiger partial charge in [-0.15, -0.1) is 0 Å². The summed E-state index contributed by atoms with van der Waals surface area (Å²) in [5.41, 5.74) is 1.83. The molecule has 30 heavy (non-hydrogen) atoms. The van der Waals surface area contributed by atoms with Crippen LogP contribution in [0, 0.1) is 0 Å². The van der Waals surface area contributed by atoms with Crippen molar-refractivity contribution in [3.05, 3.63) is 76.7 Å². The van der Waals surface area contributed by atoms with E-state index >= 15 is 0 Å². The third-order valence-electron chi connectivity index (χ3n) is 4.46. The van der Waals surface area contributed by atoms with Crippen molar-refractivity contribution < 1.29 is 23.5 Å². The standard InChI is InChI=1S/C22H19ClN2O5/c23-17-11-14(12-19-20(17)30-10-2-9-29-19)13-24-21(26)15-4-6-16(7-5-15)25-22(27)18-3-1-8-28-18/h1,3-8,11-12H,2,9-10,13H2,(H,24,26)(H,25,27). The van der Waals surface area contributed by atoms with Gasteiger partial charge in [0.2, 0.25) is 0 Å². The maximum Gasteiger partial charge on any atom is 0.291 e. The first-order valence-electron chi connectivity index (χ1n) is 9.41. The Bertz CT molecular complexity index is 1050. The Hall–Kier alpha value is -3.45. The summed E-state index contributed by atoms with van der Waals surface area (Å²) in [6.45, 7) is 1.40. The van der Waals surface area contributed by atoms with Crippen molar-refractivity contribution in [1.29, 1.82) is 0 Å². The molecule has 8 heteroatoms. The molecule has 2 amide bonds. The van der Waals surface area contributed by atoms with E-state index in [-0.39, 0.29) is 24.1 Å². The molecule has 2 heterocycles. The van der Waals surface area contributed by atoms with Crippen LogP contribution in [0.5, 0.6) is 11.5 Å². The average molecular weight is 427 g/mol. The fourth-order valence-electron chi connectivity index (χ4n) is 2.98. The maximum absolute atomic E-state index is 12.5. The topological polar surface area (TPSA) is 89.8 Å². The quantitative estimate of drug-likeness (QED) is 0.635. The number of fused-ring (bicyclic) bond motifs is 1. The van der Waals surface area contributed by atoms with Crippen LogP contribution in [-0.2, 0) is 6.54 Å². The minimum atomic E-state index is -0.358. The van der Waals surface area contributed by atoms with Gasteiger partial charge >= 0.3 is 0 Å². The van der Waals surface area contributed by atoms with Crippen molar-refractivity contribution in [3.63, 3.8) is 0 Å². The summed E-state index contributed by atoms with van der Waals surface area (Å²) >= 11 is 6.29. The Morgan fingerprint density at radius 3 is 2.57 bits per heavy atom. The minimum Gasteiger partial charge on any atom is -0.489 e. The van der Waals surface area contributed by atoms with E-state index < -0.39 is 0 Å². The molecule has 0 bridgehead atoms. The molecule has 2 N–H and O–H groups in total. The van der Waals surface area contributed by atoms with Gasteiger partial charge in [0.15, 0.2) is 17.3 Å². The lowest BCUT2D eigenvalue weighted by Gasteiger charge is -2.12. The molecule has 2 aromatic carbocycles. The van der Waals surface area contributed by atoms with Crippen LogP contribution in [-0.4, -0.2) is 25.0 Å². The van der Waals surface area contributed by atoms with Crippen molar-refractivity contribution in [2.75, 3.05) is 18.5 Å². The Morgan fingerprint density at radius 1 is 1.00 bits per heavy atom. The van der Waals surface area contributed by atoms with E-state index in [0.717, 1.165) is 12.0 Å². The number of hydrogen-bond donors (Lipinski definition) is 2. The van der Waals surface area contributed by atoms with Crippen LogP contribution in [0.25, 0.3) is 0 Å². The summed E-state index contributed by atoms with van der Waals surface area (Å²) < 4.78 is 16.3. The van der Waals surface area contributed by atoms with Gasteiger partial charge in [0.05, 0.1) is 24.5 Å². The van der Waals surface area contributed by atoms with Crippen LogP contribution in [0.1, 0.15) is 32.9 Å². The number of ether oxygens (including phenoxy) is 2. The van der Waals surface area contributed by atoms with Crippen molar-refractivity contribution in [2.45, 2.75) is 13.0 Å². The molecule has 154 valence electrons. The van der Waals surface area contributed by atoms with Crippen LogP contribution < -0.4 is 20.1 Å². The SMILES string of the molecule is O=C(NCc1cc(Cl)c2c(c1)OCCCO2)c1ccc(NC(=O)c2ccco2)cc1. The van der Waals surface area contributed by atoms with Gasteiger partial charge in [0, 0.05) is 24.2 Å². The van der Waals surface area contributed by atoms with Crippen LogP contribution in [0.2, 0.25) is 5.02 Å². The monoisotopic (exact) mass is 426 g/mol. The zero-order valence-corrected chi connectivity index (χ0v) is 16.7. The lowest BCUT2D eigenvalue weighted by molar-refractivity contribution is 0.0950. The molecule has 0 fully saturated rings. The van der Waals surface area contributed by atoms with E-state index in [1.807, 2.05) is 6.07 Å². The van der Waals surface area contributed by atoms with E-state index in [9.17, 15) is 9.59 Å². The second-order valence-electron chi connectivity index (χ2n) is 6.65. The van der Waals surface area contributed by atoms with E-state index in [1.54, 1.807) is 42.5 Å². The van der Waals surface area contributed by atoms with Crippen molar-refractivity contribution in [3.8, 4) is 11.5 Å². The van der Waals surface area contributed by atoms with E-state index in [4.69, 9.17) is 25.5 Å². The number of carbonyl (C=O) groups is 2. The second-order valence-corrected chi connectivity index (χ2v) is 7.05.